The Balaban J connectivity index is 0.000000393. The van der Waals surface area contributed by atoms with Crippen molar-refractivity contribution in [3.8, 4) is 0 Å². The minimum atomic E-state index is 0.510. The highest BCUT2D eigenvalue weighted by Gasteiger charge is 2.09. The predicted octanol–water partition coefficient (Wildman–Crippen LogP) is 8.41. The molecular formula is C33H39N. The lowest BCUT2D eigenvalue weighted by atomic mass is 9.96. The third kappa shape index (κ3) is 6.71. The first-order chi connectivity index (χ1) is 16.6. The molecule has 0 saturated carbocycles. The quantitative estimate of drug-likeness (QED) is 0.376. The average molecular weight is 450 g/mol. The first-order valence-electron chi connectivity index (χ1n) is 12.2. The van der Waals surface area contributed by atoms with Gasteiger partial charge in [-0.25, -0.2) is 0 Å². The summed E-state index contributed by atoms with van der Waals surface area (Å²) in [5.74, 6) is 0.510. The van der Waals surface area contributed by atoms with Gasteiger partial charge in [0.25, 0.3) is 0 Å². The fourth-order valence-corrected chi connectivity index (χ4v) is 3.85. The van der Waals surface area contributed by atoms with Crippen LogP contribution in [0.2, 0.25) is 0 Å². The first-order valence-corrected chi connectivity index (χ1v) is 12.2. The van der Waals surface area contributed by atoms with Gasteiger partial charge in [0.15, 0.2) is 0 Å². The topological polar surface area (TPSA) is 15.8 Å². The van der Waals surface area contributed by atoms with E-state index < -0.39 is 0 Å². The van der Waals surface area contributed by atoms with Gasteiger partial charge in [0, 0.05) is 16.6 Å². The van der Waals surface area contributed by atoms with Crippen LogP contribution in [0.4, 0.5) is 0 Å². The number of hydrogen-bond donors (Lipinski definition) is 1. The molecule has 1 aromatic heterocycles. The normalized spacial score (nSPS) is 14.0. The SMILES string of the molecule is C=C/C=C/C=C/C.C=C/C=C\C=C1\C=c2ccc3c(ccc4[nH]c(C(C)C)cc43)c2=CC1.CC. The smallest absolute Gasteiger partial charge is 0.0462 e. The molecule has 1 aliphatic carbocycles. The van der Waals surface area contributed by atoms with Crippen LogP contribution in [0.3, 0.4) is 0 Å². The minimum Gasteiger partial charge on any atom is -0.358 e. The van der Waals surface area contributed by atoms with Gasteiger partial charge < -0.3 is 4.98 Å². The van der Waals surface area contributed by atoms with Crippen molar-refractivity contribution in [2.45, 2.75) is 47.0 Å². The van der Waals surface area contributed by atoms with Gasteiger partial charge in [-0.15, -0.1) is 0 Å². The molecule has 1 nitrogen and oxygen atoms in total. The van der Waals surface area contributed by atoms with Crippen LogP contribution in [0.15, 0.2) is 104 Å². The number of aromatic nitrogens is 1. The highest BCUT2D eigenvalue weighted by atomic mass is 14.7. The van der Waals surface area contributed by atoms with Crippen molar-refractivity contribution < 1.29 is 0 Å². The van der Waals surface area contributed by atoms with Crippen molar-refractivity contribution in [2.75, 3.05) is 0 Å². The minimum absolute atomic E-state index is 0.510. The van der Waals surface area contributed by atoms with Crippen molar-refractivity contribution in [3.63, 3.8) is 0 Å². The molecule has 1 N–H and O–H groups in total. The Hall–Kier alpha value is -3.58. The lowest BCUT2D eigenvalue weighted by Crippen LogP contribution is -2.27. The second-order valence-electron chi connectivity index (χ2n) is 8.13. The van der Waals surface area contributed by atoms with Gasteiger partial charge in [-0.3, -0.25) is 0 Å². The largest absolute Gasteiger partial charge is 0.358 e. The molecule has 0 amide bonds. The van der Waals surface area contributed by atoms with Crippen LogP contribution in [0.5, 0.6) is 0 Å². The fourth-order valence-electron chi connectivity index (χ4n) is 3.85. The summed E-state index contributed by atoms with van der Waals surface area (Å²) in [5, 5.41) is 6.67. The highest BCUT2D eigenvalue weighted by molar-refractivity contribution is 6.07. The lowest BCUT2D eigenvalue weighted by Gasteiger charge is -2.08. The summed E-state index contributed by atoms with van der Waals surface area (Å²) in [6, 6.07) is 11.3. The Morgan fingerprint density at radius 3 is 2.24 bits per heavy atom. The van der Waals surface area contributed by atoms with Gasteiger partial charge >= 0.3 is 0 Å². The molecule has 0 spiro atoms. The van der Waals surface area contributed by atoms with Gasteiger partial charge in [-0.05, 0) is 58.2 Å². The number of nitrogens with one attached hydrogen (secondary N) is 1. The molecule has 1 heterocycles. The zero-order chi connectivity index (χ0) is 24.9. The third-order valence-electron chi connectivity index (χ3n) is 5.51. The number of allylic oxidation sites excluding steroid dienone is 10. The van der Waals surface area contributed by atoms with Gasteiger partial charge in [0.2, 0.25) is 0 Å². The van der Waals surface area contributed by atoms with Crippen molar-refractivity contribution >= 4 is 33.8 Å². The van der Waals surface area contributed by atoms with Crippen LogP contribution >= 0.6 is 0 Å². The van der Waals surface area contributed by atoms with Crippen LogP contribution in [0.1, 0.15) is 52.7 Å². The molecule has 0 radical (unpaired) electrons. The van der Waals surface area contributed by atoms with Crippen LogP contribution in [-0.2, 0) is 0 Å². The third-order valence-corrected chi connectivity index (χ3v) is 5.51. The van der Waals surface area contributed by atoms with Crippen molar-refractivity contribution in [1.82, 2.24) is 4.98 Å². The van der Waals surface area contributed by atoms with Gasteiger partial charge in [0.05, 0.1) is 0 Å². The number of rotatable bonds is 5. The van der Waals surface area contributed by atoms with E-state index in [1.807, 2.05) is 51.2 Å². The molecule has 0 bridgehead atoms. The Kier molecular flexibility index (Phi) is 10.9. The molecule has 0 fully saturated rings. The van der Waals surface area contributed by atoms with Gasteiger partial charge in [0.1, 0.15) is 0 Å². The lowest BCUT2D eigenvalue weighted by molar-refractivity contribution is 0.836. The number of aromatic amines is 1. The van der Waals surface area contributed by atoms with Crippen LogP contribution in [0.25, 0.3) is 33.8 Å². The van der Waals surface area contributed by atoms with Gasteiger partial charge in [-0.2, -0.15) is 0 Å². The number of benzene rings is 2. The molecule has 0 aliphatic heterocycles. The molecule has 1 aliphatic rings. The molecule has 0 saturated heterocycles. The maximum absolute atomic E-state index is 3.71. The number of H-pyrrole nitrogens is 1. The Morgan fingerprint density at radius 2 is 1.56 bits per heavy atom. The number of fused-ring (bicyclic) bond motifs is 5. The highest BCUT2D eigenvalue weighted by Crippen LogP contribution is 2.27. The monoisotopic (exact) mass is 449 g/mol. The van der Waals surface area contributed by atoms with Gasteiger partial charge in [-0.1, -0.05) is 126 Å². The second-order valence-corrected chi connectivity index (χ2v) is 8.13. The van der Waals surface area contributed by atoms with E-state index in [4.69, 9.17) is 0 Å². The van der Waals surface area contributed by atoms with Crippen molar-refractivity contribution in [1.29, 1.82) is 0 Å². The van der Waals surface area contributed by atoms with E-state index in [2.05, 4.69) is 86.6 Å². The van der Waals surface area contributed by atoms with Crippen LogP contribution in [0, 0.1) is 0 Å². The molecule has 176 valence electrons. The molecule has 3 aromatic rings. The molecule has 0 unspecified atom stereocenters. The molecular weight excluding hydrogens is 410 g/mol. The van der Waals surface area contributed by atoms with E-state index in [1.54, 1.807) is 12.2 Å². The molecule has 1 heteroatoms. The molecule has 34 heavy (non-hydrogen) atoms. The summed E-state index contributed by atoms with van der Waals surface area (Å²) in [6.07, 6.45) is 23.1. The van der Waals surface area contributed by atoms with Crippen molar-refractivity contribution in [3.05, 3.63) is 120 Å². The molecule has 2 aromatic carbocycles. The zero-order valence-corrected chi connectivity index (χ0v) is 21.4. The predicted molar refractivity (Wildman–Crippen MR) is 156 cm³/mol. The molecule has 0 atom stereocenters. The van der Waals surface area contributed by atoms with E-state index in [1.165, 1.54) is 43.4 Å². The zero-order valence-electron chi connectivity index (χ0n) is 21.4. The summed E-state index contributed by atoms with van der Waals surface area (Å²) >= 11 is 0. The summed E-state index contributed by atoms with van der Waals surface area (Å²) in [5.41, 5.74) is 3.86. The Bertz CT molecular complexity index is 1350. The van der Waals surface area contributed by atoms with Crippen LogP contribution in [-0.4, -0.2) is 4.98 Å². The molecule has 4 rings (SSSR count). The summed E-state index contributed by atoms with van der Waals surface area (Å²) < 4.78 is 0. The standard InChI is InChI=1S/C24H23N.C7H10.C2H6/c1-4-5-6-7-17-8-10-19-18(14-17)9-11-21-20(19)12-13-23-22(21)15-24(25-23)16(2)3;1-3-5-7-6-4-2;1-2/h4-7,9-16,25H,1,8H2,2-3H3;3-7H,1H2,2H3;1-2H3/b6-5-,17-7+;6-4+,7-5+;. The summed E-state index contributed by atoms with van der Waals surface area (Å²) in [4.78, 5) is 3.56. The van der Waals surface area contributed by atoms with E-state index in [9.17, 15) is 0 Å². The Labute approximate surface area is 205 Å². The number of hydrogen-bond acceptors (Lipinski definition) is 0. The summed E-state index contributed by atoms with van der Waals surface area (Å²) in [6.45, 7) is 17.7. The first kappa shape index (κ1) is 26.7. The second kappa shape index (κ2) is 13.9. The fraction of sp³-hybridized carbons (Fsp3) is 0.212. The average Bonchev–Trinajstić information content (AvgIpc) is 3.31. The summed E-state index contributed by atoms with van der Waals surface area (Å²) in [7, 11) is 0. The van der Waals surface area contributed by atoms with Crippen LogP contribution < -0.4 is 10.4 Å². The van der Waals surface area contributed by atoms with E-state index in [-0.39, 0.29) is 0 Å². The van der Waals surface area contributed by atoms with Crippen molar-refractivity contribution in [2.24, 2.45) is 0 Å². The van der Waals surface area contributed by atoms with E-state index in [0.29, 0.717) is 5.92 Å². The maximum Gasteiger partial charge on any atom is 0.0462 e. The van der Waals surface area contributed by atoms with E-state index in [0.717, 1.165) is 6.42 Å². The Morgan fingerprint density at radius 1 is 0.853 bits per heavy atom. The van der Waals surface area contributed by atoms with E-state index >= 15 is 0 Å². The maximum atomic E-state index is 3.71.